The third-order valence-electron chi connectivity index (χ3n) is 2.36. The highest BCUT2D eigenvalue weighted by atomic mass is 35.5. The number of ether oxygens (including phenoxy) is 1. The fourth-order valence-corrected chi connectivity index (χ4v) is 3.03. The summed E-state index contributed by atoms with van der Waals surface area (Å²) in [5, 5.41) is 0.199. The Kier molecular flexibility index (Phi) is 7.11. The third-order valence-corrected chi connectivity index (χ3v) is 4.03. The van der Waals surface area contributed by atoms with Crippen molar-refractivity contribution in [3.05, 3.63) is 28.8 Å². The van der Waals surface area contributed by atoms with E-state index in [0.29, 0.717) is 0 Å². The lowest BCUT2D eigenvalue weighted by Gasteiger charge is -2.19. The number of nitrogens with one attached hydrogen (secondary N) is 1. The number of rotatable bonds is 5. The van der Waals surface area contributed by atoms with Crippen LogP contribution in [0.15, 0.2) is 23.1 Å². The highest BCUT2D eigenvalue weighted by molar-refractivity contribution is 7.89. The first-order chi connectivity index (χ1) is 9.07. The van der Waals surface area contributed by atoms with Gasteiger partial charge in [-0.05, 0) is 32.0 Å². The Morgan fingerprint density at radius 1 is 1.43 bits per heavy atom. The van der Waals surface area contributed by atoms with Crippen LogP contribution in [0.5, 0.6) is 0 Å². The Bertz CT molecular complexity index is 612. The molecule has 1 aromatic rings. The Hall–Kier alpha value is -0.860. The van der Waals surface area contributed by atoms with E-state index in [0.717, 1.165) is 0 Å². The number of halogens is 2. The molecule has 0 aliphatic rings. The van der Waals surface area contributed by atoms with Gasteiger partial charge in [0.2, 0.25) is 10.0 Å². The first-order valence-electron chi connectivity index (χ1n) is 5.73. The monoisotopic (exact) mass is 356 g/mol. The van der Waals surface area contributed by atoms with Gasteiger partial charge in [-0.25, -0.2) is 17.9 Å². The van der Waals surface area contributed by atoms with E-state index in [2.05, 4.69) is 9.46 Å². The van der Waals surface area contributed by atoms with Gasteiger partial charge in [-0.1, -0.05) is 11.6 Å². The molecule has 0 saturated carbocycles. The summed E-state index contributed by atoms with van der Waals surface area (Å²) in [4.78, 5) is 11.4. The van der Waals surface area contributed by atoms with Crippen LogP contribution in [-0.2, 0) is 14.8 Å². The smallest absolute Gasteiger partial charge is 0.339 e. The van der Waals surface area contributed by atoms with Gasteiger partial charge in [-0.15, -0.1) is 12.4 Å². The average Bonchev–Trinajstić information content (AvgIpc) is 2.35. The summed E-state index contributed by atoms with van der Waals surface area (Å²) in [6.07, 6.45) is 0. The number of benzene rings is 1. The van der Waals surface area contributed by atoms with Gasteiger partial charge in [0.05, 0.1) is 17.6 Å². The van der Waals surface area contributed by atoms with Crippen LogP contribution in [0.4, 0.5) is 0 Å². The maximum atomic E-state index is 12.2. The highest BCUT2D eigenvalue weighted by Gasteiger charge is 2.25. The van der Waals surface area contributed by atoms with E-state index in [4.69, 9.17) is 17.3 Å². The molecule has 0 aliphatic carbocycles. The highest BCUT2D eigenvalue weighted by Crippen LogP contribution is 2.21. The molecule has 120 valence electrons. The molecule has 1 aromatic carbocycles. The summed E-state index contributed by atoms with van der Waals surface area (Å²) in [7, 11) is -2.75. The molecular formula is C12H18Cl2N2O4S. The van der Waals surface area contributed by atoms with E-state index < -0.39 is 21.5 Å². The number of nitrogens with two attached hydrogens (primary N) is 1. The van der Waals surface area contributed by atoms with Crippen molar-refractivity contribution in [1.82, 2.24) is 4.72 Å². The molecule has 0 amide bonds. The quantitative estimate of drug-likeness (QED) is 0.780. The van der Waals surface area contributed by atoms with Crippen LogP contribution in [0.1, 0.15) is 24.2 Å². The Balaban J connectivity index is 0.00000400. The van der Waals surface area contributed by atoms with Crippen LogP contribution in [0.3, 0.4) is 0 Å². The molecule has 0 unspecified atom stereocenters. The van der Waals surface area contributed by atoms with Crippen molar-refractivity contribution < 1.29 is 17.9 Å². The number of carbonyl (C=O) groups excluding carboxylic acids is 1. The molecule has 0 aliphatic heterocycles. The van der Waals surface area contributed by atoms with Gasteiger partial charge >= 0.3 is 5.97 Å². The Labute approximate surface area is 135 Å². The second-order valence-electron chi connectivity index (χ2n) is 4.95. The zero-order valence-corrected chi connectivity index (χ0v) is 14.2. The van der Waals surface area contributed by atoms with E-state index in [1.807, 2.05) is 0 Å². The van der Waals surface area contributed by atoms with Crippen LogP contribution in [0.2, 0.25) is 5.02 Å². The first kappa shape index (κ1) is 20.1. The third kappa shape index (κ3) is 5.80. The summed E-state index contributed by atoms with van der Waals surface area (Å²) < 4.78 is 31.4. The molecule has 3 N–H and O–H groups in total. The molecule has 0 atom stereocenters. The molecule has 0 aromatic heterocycles. The second kappa shape index (κ2) is 7.42. The summed E-state index contributed by atoms with van der Waals surface area (Å²) in [6.45, 7) is 3.37. The van der Waals surface area contributed by atoms with Crippen LogP contribution in [-0.4, -0.2) is 33.6 Å². The lowest BCUT2D eigenvalue weighted by Crippen LogP contribution is -2.45. The fraction of sp³-hybridized carbons (Fsp3) is 0.417. The van der Waals surface area contributed by atoms with Gasteiger partial charge in [0.1, 0.15) is 0 Å². The molecule has 0 bridgehead atoms. The topological polar surface area (TPSA) is 98.5 Å². The average molecular weight is 357 g/mol. The normalized spacial score (nSPS) is 11.7. The summed E-state index contributed by atoms with van der Waals surface area (Å²) in [5.41, 5.74) is 4.92. The van der Waals surface area contributed by atoms with Crippen LogP contribution in [0, 0.1) is 0 Å². The maximum Gasteiger partial charge on any atom is 0.339 e. The Morgan fingerprint density at radius 3 is 2.48 bits per heavy atom. The summed E-state index contributed by atoms with van der Waals surface area (Å²) >= 11 is 5.79. The van der Waals surface area contributed by atoms with Crippen molar-refractivity contribution in [2.75, 3.05) is 13.7 Å². The zero-order valence-electron chi connectivity index (χ0n) is 11.8. The van der Waals surface area contributed by atoms with Crippen molar-refractivity contribution in [3.63, 3.8) is 0 Å². The minimum absolute atomic E-state index is 0. The molecule has 0 spiro atoms. The van der Waals surface area contributed by atoms with E-state index in [1.54, 1.807) is 13.8 Å². The van der Waals surface area contributed by atoms with E-state index in [-0.39, 0.29) is 34.4 Å². The number of hydrogen-bond donors (Lipinski definition) is 2. The minimum Gasteiger partial charge on any atom is -0.465 e. The molecule has 0 fully saturated rings. The predicted octanol–water partition coefficient (Wildman–Crippen LogP) is 1.56. The SMILES string of the molecule is COC(=O)c1ccc(Cl)cc1S(=O)(=O)NCC(C)(C)N.Cl. The standard InChI is InChI=1S/C12H17ClN2O4S.ClH/c1-12(2,14)7-15-20(17,18)10-6-8(13)4-5-9(10)11(16)19-3;/h4-6,15H,7,14H2,1-3H3;1H. The fourth-order valence-electron chi connectivity index (χ4n) is 1.36. The summed E-state index contributed by atoms with van der Waals surface area (Å²) in [5.74, 6) is -0.756. The van der Waals surface area contributed by atoms with E-state index >= 15 is 0 Å². The Morgan fingerprint density at radius 2 is 2.00 bits per heavy atom. The lowest BCUT2D eigenvalue weighted by atomic mass is 10.1. The number of esters is 1. The van der Waals surface area contributed by atoms with Crippen molar-refractivity contribution >= 4 is 40.0 Å². The van der Waals surface area contributed by atoms with Crippen molar-refractivity contribution in [1.29, 1.82) is 0 Å². The molecule has 6 nitrogen and oxygen atoms in total. The number of hydrogen-bond acceptors (Lipinski definition) is 5. The van der Waals surface area contributed by atoms with Gasteiger partial charge in [0.15, 0.2) is 0 Å². The predicted molar refractivity (Wildman–Crippen MR) is 83.5 cm³/mol. The van der Waals surface area contributed by atoms with Gasteiger partial charge in [0.25, 0.3) is 0 Å². The lowest BCUT2D eigenvalue weighted by molar-refractivity contribution is 0.0596. The van der Waals surface area contributed by atoms with E-state index in [1.165, 1.54) is 25.3 Å². The van der Waals surface area contributed by atoms with Gasteiger partial charge < -0.3 is 10.5 Å². The zero-order chi connectivity index (χ0) is 15.6. The minimum atomic E-state index is -3.92. The maximum absolute atomic E-state index is 12.2. The van der Waals surface area contributed by atoms with Crippen molar-refractivity contribution in [3.8, 4) is 0 Å². The largest absolute Gasteiger partial charge is 0.465 e. The molecule has 1 rings (SSSR count). The molecule has 0 saturated heterocycles. The van der Waals surface area contributed by atoms with Gasteiger partial charge in [0, 0.05) is 17.1 Å². The van der Waals surface area contributed by atoms with Crippen molar-refractivity contribution in [2.45, 2.75) is 24.3 Å². The first-order valence-corrected chi connectivity index (χ1v) is 7.59. The van der Waals surface area contributed by atoms with E-state index in [9.17, 15) is 13.2 Å². The van der Waals surface area contributed by atoms with Gasteiger partial charge in [-0.2, -0.15) is 0 Å². The van der Waals surface area contributed by atoms with Crippen molar-refractivity contribution in [2.24, 2.45) is 5.73 Å². The molecular weight excluding hydrogens is 339 g/mol. The summed E-state index contributed by atoms with van der Waals surface area (Å²) in [6, 6.07) is 3.91. The van der Waals surface area contributed by atoms with Gasteiger partial charge in [-0.3, -0.25) is 0 Å². The molecule has 0 heterocycles. The van der Waals surface area contributed by atoms with Crippen LogP contribution < -0.4 is 10.5 Å². The van der Waals surface area contributed by atoms with Crippen LogP contribution in [0.25, 0.3) is 0 Å². The number of sulfonamides is 1. The number of carbonyl (C=O) groups is 1. The second-order valence-corrected chi connectivity index (χ2v) is 7.12. The molecule has 0 radical (unpaired) electrons. The molecule has 9 heteroatoms. The van der Waals surface area contributed by atoms with Crippen LogP contribution >= 0.6 is 24.0 Å². The molecule has 21 heavy (non-hydrogen) atoms. The number of methoxy groups -OCH3 is 1.